The van der Waals surface area contributed by atoms with Gasteiger partial charge in [-0.05, 0) is 25.0 Å². The Morgan fingerprint density at radius 1 is 1.12 bits per heavy atom. The van der Waals surface area contributed by atoms with Crippen molar-refractivity contribution < 1.29 is 27.6 Å². The minimum absolute atomic E-state index is 0.0299. The van der Waals surface area contributed by atoms with Gasteiger partial charge in [0.05, 0.1) is 18.0 Å². The second kappa shape index (κ2) is 10.1. The summed E-state index contributed by atoms with van der Waals surface area (Å²) in [7, 11) is -3.86. The van der Waals surface area contributed by atoms with Crippen LogP contribution in [-0.4, -0.2) is 92.4 Å². The predicted molar refractivity (Wildman–Crippen MR) is 114 cm³/mol. The molecular weight excluding hydrogens is 438 g/mol. The molecule has 0 spiro atoms. The van der Waals surface area contributed by atoms with Crippen LogP contribution in [0.25, 0.3) is 0 Å². The van der Waals surface area contributed by atoms with Gasteiger partial charge in [-0.15, -0.1) is 0 Å². The Kier molecular flexibility index (Phi) is 7.46. The highest BCUT2D eigenvalue weighted by molar-refractivity contribution is 7.92. The first-order chi connectivity index (χ1) is 15.2. The number of sulfone groups is 1. The standard InChI is InChI=1S/C20H27N5O6S/c21-11-17(26)25-10-9-24(18(27)13-32(30,31)14-5-2-1-3-6-14)12-16(25)20(29)23-15-7-4-8-22-19(15)28/h1-3,5-6,15-16H,4,7-13,21H2,(H,22,28)(H,23,29). The Morgan fingerprint density at radius 2 is 1.84 bits per heavy atom. The molecule has 2 heterocycles. The number of nitrogens with zero attached hydrogens (tertiary/aromatic N) is 2. The van der Waals surface area contributed by atoms with E-state index >= 15 is 0 Å². The molecule has 12 heteroatoms. The number of carbonyl (C=O) groups is 4. The number of benzene rings is 1. The van der Waals surface area contributed by atoms with E-state index in [1.165, 1.54) is 21.9 Å². The number of carbonyl (C=O) groups excluding carboxylic acids is 4. The van der Waals surface area contributed by atoms with Gasteiger partial charge < -0.3 is 26.2 Å². The molecule has 2 unspecified atom stereocenters. The van der Waals surface area contributed by atoms with Crippen LogP contribution in [0.3, 0.4) is 0 Å². The van der Waals surface area contributed by atoms with Gasteiger partial charge in [-0.1, -0.05) is 18.2 Å². The zero-order valence-electron chi connectivity index (χ0n) is 17.5. The van der Waals surface area contributed by atoms with Gasteiger partial charge in [0.15, 0.2) is 9.84 Å². The largest absolute Gasteiger partial charge is 0.354 e. The molecule has 11 nitrogen and oxygen atoms in total. The summed E-state index contributed by atoms with van der Waals surface area (Å²) in [5, 5.41) is 5.31. The van der Waals surface area contributed by atoms with E-state index in [2.05, 4.69) is 10.6 Å². The molecule has 0 aromatic heterocycles. The van der Waals surface area contributed by atoms with Crippen LogP contribution in [0.2, 0.25) is 0 Å². The van der Waals surface area contributed by atoms with Crippen LogP contribution in [0.1, 0.15) is 12.8 Å². The van der Waals surface area contributed by atoms with Gasteiger partial charge in [-0.25, -0.2) is 8.42 Å². The van der Waals surface area contributed by atoms with E-state index < -0.39 is 45.4 Å². The third kappa shape index (κ3) is 5.43. The summed E-state index contributed by atoms with van der Waals surface area (Å²) < 4.78 is 25.1. The Balaban J connectivity index is 1.72. The third-order valence-corrected chi connectivity index (χ3v) is 7.17. The zero-order chi connectivity index (χ0) is 23.3. The van der Waals surface area contributed by atoms with E-state index in [-0.39, 0.29) is 37.0 Å². The van der Waals surface area contributed by atoms with Crippen molar-refractivity contribution >= 4 is 33.5 Å². The minimum atomic E-state index is -3.86. The Morgan fingerprint density at radius 3 is 2.50 bits per heavy atom. The predicted octanol–water partition coefficient (Wildman–Crippen LogP) is -2.15. The number of nitrogens with one attached hydrogen (secondary N) is 2. The molecule has 0 bridgehead atoms. The van der Waals surface area contributed by atoms with Crippen molar-refractivity contribution in [2.45, 2.75) is 29.8 Å². The summed E-state index contributed by atoms with van der Waals surface area (Å²) in [6, 6.07) is 5.82. The second-order valence-corrected chi connectivity index (χ2v) is 9.70. The van der Waals surface area contributed by atoms with Crippen LogP contribution >= 0.6 is 0 Å². The number of amides is 4. The summed E-state index contributed by atoms with van der Waals surface area (Å²) in [4.78, 5) is 52.5. The third-order valence-electron chi connectivity index (χ3n) is 5.55. The minimum Gasteiger partial charge on any atom is -0.354 e. The molecule has 32 heavy (non-hydrogen) atoms. The fourth-order valence-corrected chi connectivity index (χ4v) is 5.04. The van der Waals surface area contributed by atoms with Crippen LogP contribution in [0.15, 0.2) is 35.2 Å². The monoisotopic (exact) mass is 465 g/mol. The van der Waals surface area contributed by atoms with E-state index in [9.17, 15) is 27.6 Å². The molecule has 1 aromatic carbocycles. The first-order valence-corrected chi connectivity index (χ1v) is 12.0. The molecule has 0 saturated carbocycles. The van der Waals surface area contributed by atoms with Gasteiger partial charge in [-0.2, -0.15) is 0 Å². The summed E-state index contributed by atoms with van der Waals surface area (Å²) in [5.41, 5.74) is 5.47. The van der Waals surface area contributed by atoms with Crippen molar-refractivity contribution in [2.75, 3.05) is 38.5 Å². The molecule has 2 aliphatic rings. The topological polar surface area (TPSA) is 159 Å². The summed E-state index contributed by atoms with van der Waals surface area (Å²) >= 11 is 0. The molecule has 174 valence electrons. The van der Waals surface area contributed by atoms with Gasteiger partial charge in [0.1, 0.15) is 17.8 Å². The average Bonchev–Trinajstić information content (AvgIpc) is 2.80. The van der Waals surface area contributed by atoms with Crippen molar-refractivity contribution in [3.8, 4) is 0 Å². The van der Waals surface area contributed by atoms with Gasteiger partial charge in [0.25, 0.3) is 0 Å². The molecule has 3 rings (SSSR count). The lowest BCUT2D eigenvalue weighted by atomic mass is 10.0. The molecule has 2 aliphatic heterocycles. The maximum Gasteiger partial charge on any atom is 0.245 e. The SMILES string of the molecule is NCC(=O)N1CCN(C(=O)CS(=O)(=O)c2ccccc2)CC1C(=O)NC1CCCNC1=O. The smallest absolute Gasteiger partial charge is 0.245 e. The van der Waals surface area contributed by atoms with Gasteiger partial charge in [-0.3, -0.25) is 19.2 Å². The Hall–Kier alpha value is -2.99. The highest BCUT2D eigenvalue weighted by Gasteiger charge is 2.39. The number of piperazine rings is 1. The number of rotatable bonds is 6. The number of hydrogen-bond acceptors (Lipinski definition) is 7. The highest BCUT2D eigenvalue weighted by atomic mass is 32.2. The normalized spacial score (nSPS) is 21.6. The first-order valence-electron chi connectivity index (χ1n) is 10.4. The number of piperidine rings is 1. The van der Waals surface area contributed by atoms with E-state index in [1.807, 2.05) is 0 Å². The Bertz CT molecular complexity index is 983. The van der Waals surface area contributed by atoms with E-state index in [1.54, 1.807) is 18.2 Å². The molecule has 4 amide bonds. The van der Waals surface area contributed by atoms with Crippen molar-refractivity contribution in [1.29, 1.82) is 0 Å². The van der Waals surface area contributed by atoms with Gasteiger partial charge in [0, 0.05) is 19.6 Å². The van der Waals surface area contributed by atoms with Crippen LogP contribution in [0.4, 0.5) is 0 Å². The number of hydrogen-bond donors (Lipinski definition) is 3. The number of nitrogens with two attached hydrogens (primary N) is 1. The van der Waals surface area contributed by atoms with Gasteiger partial charge >= 0.3 is 0 Å². The second-order valence-electron chi connectivity index (χ2n) is 7.71. The van der Waals surface area contributed by atoms with Crippen LogP contribution in [0, 0.1) is 0 Å². The molecule has 0 radical (unpaired) electrons. The fraction of sp³-hybridized carbons (Fsp3) is 0.500. The molecule has 1 aromatic rings. The van der Waals surface area contributed by atoms with E-state index in [0.29, 0.717) is 19.4 Å². The molecular formula is C20H27N5O6S. The van der Waals surface area contributed by atoms with Crippen LogP contribution in [-0.2, 0) is 29.0 Å². The van der Waals surface area contributed by atoms with E-state index in [0.717, 1.165) is 0 Å². The van der Waals surface area contributed by atoms with Gasteiger partial charge in [0.2, 0.25) is 23.6 Å². The Labute approximate surface area is 186 Å². The molecule has 4 N–H and O–H groups in total. The first kappa shape index (κ1) is 23.7. The van der Waals surface area contributed by atoms with Crippen molar-refractivity contribution in [1.82, 2.24) is 20.4 Å². The quantitative estimate of drug-likeness (QED) is 0.432. The lowest BCUT2D eigenvalue weighted by Gasteiger charge is -2.41. The summed E-state index contributed by atoms with van der Waals surface area (Å²) in [6.45, 7) is 0.133. The lowest BCUT2D eigenvalue weighted by Crippen LogP contribution is -2.64. The highest BCUT2D eigenvalue weighted by Crippen LogP contribution is 2.15. The molecule has 2 fully saturated rings. The zero-order valence-corrected chi connectivity index (χ0v) is 18.3. The van der Waals surface area contributed by atoms with Crippen LogP contribution in [0.5, 0.6) is 0 Å². The van der Waals surface area contributed by atoms with Crippen molar-refractivity contribution in [2.24, 2.45) is 5.73 Å². The maximum absolute atomic E-state index is 12.9. The van der Waals surface area contributed by atoms with Crippen molar-refractivity contribution in [3.63, 3.8) is 0 Å². The molecule has 2 atom stereocenters. The summed E-state index contributed by atoms with van der Waals surface area (Å²) in [5.74, 6) is -2.78. The lowest BCUT2D eigenvalue weighted by molar-refractivity contribution is -0.147. The summed E-state index contributed by atoms with van der Waals surface area (Å²) in [6.07, 6.45) is 1.17. The van der Waals surface area contributed by atoms with Crippen molar-refractivity contribution in [3.05, 3.63) is 30.3 Å². The average molecular weight is 466 g/mol. The molecule has 0 aliphatic carbocycles. The van der Waals surface area contributed by atoms with E-state index in [4.69, 9.17) is 5.73 Å². The maximum atomic E-state index is 12.9. The fourth-order valence-electron chi connectivity index (χ4n) is 3.79. The van der Waals surface area contributed by atoms with Crippen LogP contribution < -0.4 is 16.4 Å². The molecule has 2 saturated heterocycles.